The second-order valence-corrected chi connectivity index (χ2v) is 4.13. The SMILES string of the molecule is CC(S)[C@H](N)C(=O)O.Cn1c(N)ccnc1=O. The maximum absolute atomic E-state index is 10.6. The third-order valence-corrected chi connectivity index (χ3v) is 2.23. The van der Waals surface area contributed by atoms with Crippen LogP contribution >= 0.6 is 12.6 Å². The highest BCUT2D eigenvalue weighted by Crippen LogP contribution is 1.96. The highest BCUT2D eigenvalue weighted by molar-refractivity contribution is 7.81. The summed E-state index contributed by atoms with van der Waals surface area (Å²) < 4.78 is 1.28. The molecular formula is C9H16N4O3S. The van der Waals surface area contributed by atoms with E-state index < -0.39 is 12.0 Å². The van der Waals surface area contributed by atoms with Gasteiger partial charge in [-0.2, -0.15) is 12.6 Å². The number of nitrogen functional groups attached to an aromatic ring is 1. The standard InChI is InChI=1S/C5H7N3O.C4H9NO2S/c1-8-4(6)2-3-7-5(8)9;1-2(8)3(5)4(6)7/h2-3H,6H2,1H3;2-3,8H,5H2,1H3,(H,6,7)/t;2?,3-/m.0/s1. The summed E-state index contributed by atoms with van der Waals surface area (Å²) in [6.07, 6.45) is 1.39. The van der Waals surface area contributed by atoms with Crippen molar-refractivity contribution in [2.75, 3.05) is 5.73 Å². The fraction of sp³-hybridized carbons (Fsp3) is 0.444. The van der Waals surface area contributed by atoms with Crippen LogP contribution in [-0.4, -0.2) is 31.9 Å². The van der Waals surface area contributed by atoms with Crippen LogP contribution in [-0.2, 0) is 11.8 Å². The van der Waals surface area contributed by atoms with E-state index >= 15 is 0 Å². The maximum atomic E-state index is 10.6. The molecule has 1 aromatic rings. The quantitative estimate of drug-likeness (QED) is 0.510. The average Bonchev–Trinajstić information content (AvgIpc) is 2.25. The van der Waals surface area contributed by atoms with Crippen LogP contribution in [0, 0.1) is 0 Å². The molecule has 8 heteroatoms. The van der Waals surface area contributed by atoms with Crippen molar-refractivity contribution in [2.24, 2.45) is 12.8 Å². The molecule has 0 saturated heterocycles. The third-order valence-electron chi connectivity index (χ3n) is 1.91. The van der Waals surface area contributed by atoms with E-state index in [0.717, 1.165) is 0 Å². The number of anilines is 1. The van der Waals surface area contributed by atoms with Gasteiger partial charge in [0.1, 0.15) is 11.9 Å². The van der Waals surface area contributed by atoms with Crippen molar-refractivity contribution in [2.45, 2.75) is 18.2 Å². The lowest BCUT2D eigenvalue weighted by molar-refractivity contribution is -0.138. The van der Waals surface area contributed by atoms with Crippen LogP contribution in [0.3, 0.4) is 0 Å². The zero-order valence-electron chi connectivity index (χ0n) is 9.57. The van der Waals surface area contributed by atoms with Crippen molar-refractivity contribution >= 4 is 24.4 Å². The molecule has 0 fully saturated rings. The fourth-order valence-electron chi connectivity index (χ4n) is 0.693. The van der Waals surface area contributed by atoms with Gasteiger partial charge < -0.3 is 16.6 Å². The molecule has 0 bridgehead atoms. The van der Waals surface area contributed by atoms with Gasteiger partial charge in [-0.05, 0) is 6.07 Å². The van der Waals surface area contributed by atoms with E-state index in [-0.39, 0.29) is 10.9 Å². The number of aromatic nitrogens is 2. The van der Waals surface area contributed by atoms with Crippen molar-refractivity contribution in [1.82, 2.24) is 9.55 Å². The van der Waals surface area contributed by atoms with Gasteiger partial charge in [0.05, 0.1) is 0 Å². The van der Waals surface area contributed by atoms with Gasteiger partial charge in [0.15, 0.2) is 0 Å². The monoisotopic (exact) mass is 260 g/mol. The van der Waals surface area contributed by atoms with E-state index in [1.807, 2.05) is 0 Å². The van der Waals surface area contributed by atoms with Crippen LogP contribution in [0.4, 0.5) is 5.82 Å². The molecule has 1 rings (SSSR count). The Bertz CT molecular complexity index is 432. The Kier molecular flexibility index (Phi) is 6.29. The predicted octanol–water partition coefficient (Wildman–Crippen LogP) is -0.921. The maximum Gasteiger partial charge on any atom is 0.348 e. The summed E-state index contributed by atoms with van der Waals surface area (Å²) >= 11 is 3.83. The summed E-state index contributed by atoms with van der Waals surface area (Å²) in [6, 6.07) is 0.722. The minimum atomic E-state index is -1.01. The normalized spacial score (nSPS) is 13.2. The molecule has 0 spiro atoms. The number of nitrogens with zero attached hydrogens (tertiary/aromatic N) is 2. The van der Waals surface area contributed by atoms with Gasteiger partial charge in [0, 0.05) is 18.5 Å². The molecule has 0 aliphatic carbocycles. The van der Waals surface area contributed by atoms with E-state index in [9.17, 15) is 9.59 Å². The molecule has 0 amide bonds. The summed E-state index contributed by atoms with van der Waals surface area (Å²) in [5.41, 5.74) is 10.1. The lowest BCUT2D eigenvalue weighted by Gasteiger charge is -2.07. The molecule has 17 heavy (non-hydrogen) atoms. The molecule has 96 valence electrons. The first kappa shape index (κ1) is 15.5. The van der Waals surface area contributed by atoms with Gasteiger partial charge >= 0.3 is 11.7 Å². The molecule has 0 radical (unpaired) electrons. The van der Waals surface area contributed by atoms with Crippen LogP contribution in [0.15, 0.2) is 17.1 Å². The first-order chi connectivity index (χ1) is 7.77. The first-order valence-electron chi connectivity index (χ1n) is 4.71. The third kappa shape index (κ3) is 5.36. The smallest absolute Gasteiger partial charge is 0.348 e. The fourth-order valence-corrected chi connectivity index (χ4v) is 0.820. The first-order valence-corrected chi connectivity index (χ1v) is 5.23. The minimum Gasteiger partial charge on any atom is -0.480 e. The van der Waals surface area contributed by atoms with Crippen molar-refractivity contribution < 1.29 is 9.90 Å². The van der Waals surface area contributed by atoms with Gasteiger partial charge in [0.2, 0.25) is 0 Å². The highest BCUT2D eigenvalue weighted by atomic mass is 32.1. The zero-order chi connectivity index (χ0) is 13.6. The Balaban J connectivity index is 0.000000304. The second-order valence-electron chi connectivity index (χ2n) is 3.32. The summed E-state index contributed by atoms with van der Waals surface area (Å²) in [4.78, 5) is 24.0. The topological polar surface area (TPSA) is 124 Å². The molecule has 1 heterocycles. The van der Waals surface area contributed by atoms with Gasteiger partial charge in [-0.25, -0.2) is 9.78 Å². The predicted molar refractivity (Wildman–Crippen MR) is 67.9 cm³/mol. The van der Waals surface area contributed by atoms with E-state index in [4.69, 9.17) is 16.6 Å². The number of thiol groups is 1. The van der Waals surface area contributed by atoms with Gasteiger partial charge in [-0.1, -0.05) is 6.92 Å². The van der Waals surface area contributed by atoms with E-state index in [1.54, 1.807) is 20.0 Å². The Morgan fingerprint density at radius 1 is 1.65 bits per heavy atom. The minimum absolute atomic E-state index is 0.285. The summed E-state index contributed by atoms with van der Waals surface area (Å²) in [7, 11) is 1.57. The Labute approximate surface area is 104 Å². The number of rotatable bonds is 2. The molecule has 0 aliphatic heterocycles. The number of carbonyl (C=O) groups is 1. The van der Waals surface area contributed by atoms with Gasteiger partial charge in [-0.3, -0.25) is 9.36 Å². The molecule has 0 aromatic carbocycles. The molecule has 1 aromatic heterocycles. The van der Waals surface area contributed by atoms with Crippen LogP contribution in [0.25, 0.3) is 0 Å². The number of carboxylic acids is 1. The Morgan fingerprint density at radius 3 is 2.41 bits per heavy atom. The molecule has 2 atom stereocenters. The molecule has 5 N–H and O–H groups in total. The second kappa shape index (κ2) is 6.92. The van der Waals surface area contributed by atoms with Crippen molar-refractivity contribution in [3.05, 3.63) is 22.7 Å². The number of hydrogen-bond donors (Lipinski definition) is 4. The van der Waals surface area contributed by atoms with Crippen molar-refractivity contribution in [3.63, 3.8) is 0 Å². The van der Waals surface area contributed by atoms with Crippen LogP contribution in [0.2, 0.25) is 0 Å². The zero-order valence-corrected chi connectivity index (χ0v) is 10.5. The van der Waals surface area contributed by atoms with Crippen molar-refractivity contribution in [3.8, 4) is 0 Å². The number of aliphatic carboxylic acids is 1. The molecule has 0 saturated carbocycles. The number of carboxylic acid groups (broad SMARTS) is 1. The molecule has 0 aliphatic rings. The molecular weight excluding hydrogens is 244 g/mol. The van der Waals surface area contributed by atoms with Gasteiger partial charge in [0.25, 0.3) is 0 Å². The highest BCUT2D eigenvalue weighted by Gasteiger charge is 2.15. The van der Waals surface area contributed by atoms with Crippen LogP contribution in [0.1, 0.15) is 6.92 Å². The number of hydrogen-bond acceptors (Lipinski definition) is 6. The molecule has 1 unspecified atom stereocenters. The largest absolute Gasteiger partial charge is 0.480 e. The summed E-state index contributed by atoms with van der Waals surface area (Å²) in [6.45, 7) is 1.64. The van der Waals surface area contributed by atoms with Crippen molar-refractivity contribution in [1.29, 1.82) is 0 Å². The van der Waals surface area contributed by atoms with E-state index in [1.165, 1.54) is 10.8 Å². The summed E-state index contributed by atoms with van der Waals surface area (Å²) in [5, 5.41) is 7.89. The number of nitrogens with two attached hydrogens (primary N) is 2. The van der Waals surface area contributed by atoms with E-state index in [0.29, 0.717) is 5.82 Å². The summed E-state index contributed by atoms with van der Waals surface area (Å²) in [5.74, 6) is -0.581. The molecule has 7 nitrogen and oxygen atoms in total. The lowest BCUT2D eigenvalue weighted by atomic mass is 10.2. The van der Waals surface area contributed by atoms with Crippen LogP contribution < -0.4 is 17.2 Å². The lowest BCUT2D eigenvalue weighted by Crippen LogP contribution is -2.37. The van der Waals surface area contributed by atoms with Crippen LogP contribution in [0.5, 0.6) is 0 Å². The Morgan fingerprint density at radius 2 is 2.18 bits per heavy atom. The van der Waals surface area contributed by atoms with E-state index in [2.05, 4.69) is 17.6 Å². The Hall–Kier alpha value is -1.54. The van der Waals surface area contributed by atoms with Gasteiger partial charge in [-0.15, -0.1) is 0 Å². The average molecular weight is 260 g/mol.